The van der Waals surface area contributed by atoms with Gasteiger partial charge < -0.3 is 10.6 Å². The van der Waals surface area contributed by atoms with Crippen LogP contribution in [-0.4, -0.2) is 28.9 Å². The number of carbonyl (C=O) groups excluding carboxylic acids is 1. The molecule has 0 fully saturated rings. The van der Waals surface area contributed by atoms with Crippen molar-refractivity contribution in [1.82, 2.24) is 4.90 Å². The molecule has 0 aliphatic carbocycles. The van der Waals surface area contributed by atoms with Gasteiger partial charge in [-0.3, -0.25) is 4.79 Å². The van der Waals surface area contributed by atoms with Gasteiger partial charge >= 0.3 is 0 Å². The Kier molecular flexibility index (Phi) is 4.35. The van der Waals surface area contributed by atoms with E-state index in [2.05, 4.69) is 0 Å². The van der Waals surface area contributed by atoms with Crippen molar-refractivity contribution in [1.29, 1.82) is 0 Å². The van der Waals surface area contributed by atoms with E-state index in [1.807, 2.05) is 49.4 Å². The zero-order valence-corrected chi connectivity index (χ0v) is 12.5. The number of thiocarbonyl (C=S) groups is 1. The van der Waals surface area contributed by atoms with Crippen LogP contribution in [0.3, 0.4) is 0 Å². The number of hydrogen-bond donors (Lipinski definition) is 1. The highest BCUT2D eigenvalue weighted by atomic mass is 32.1. The highest BCUT2D eigenvalue weighted by molar-refractivity contribution is 7.80. The van der Waals surface area contributed by atoms with Crippen molar-refractivity contribution in [2.75, 3.05) is 7.05 Å². The summed E-state index contributed by atoms with van der Waals surface area (Å²) < 4.78 is 0. The zero-order valence-electron chi connectivity index (χ0n) is 11.7. The molecule has 0 aliphatic heterocycles. The van der Waals surface area contributed by atoms with Crippen molar-refractivity contribution >= 4 is 33.9 Å². The molecule has 1 atom stereocenters. The fraction of sp³-hybridized carbons (Fsp3) is 0.250. The summed E-state index contributed by atoms with van der Waals surface area (Å²) in [5, 5.41) is 2.03. The second-order valence-electron chi connectivity index (χ2n) is 4.96. The van der Waals surface area contributed by atoms with Crippen LogP contribution in [0.2, 0.25) is 0 Å². The Labute approximate surface area is 124 Å². The maximum absolute atomic E-state index is 12.6. The Morgan fingerprint density at radius 3 is 2.60 bits per heavy atom. The van der Waals surface area contributed by atoms with E-state index in [0.29, 0.717) is 17.0 Å². The molecule has 0 radical (unpaired) electrons. The number of fused-ring (bicyclic) bond motifs is 1. The Morgan fingerprint density at radius 2 is 1.90 bits per heavy atom. The topological polar surface area (TPSA) is 46.3 Å². The zero-order chi connectivity index (χ0) is 14.7. The van der Waals surface area contributed by atoms with Crippen molar-refractivity contribution in [3.8, 4) is 0 Å². The molecule has 2 rings (SSSR count). The summed E-state index contributed by atoms with van der Waals surface area (Å²) in [5.74, 6) is -0.00875. The van der Waals surface area contributed by atoms with Gasteiger partial charge in [0.15, 0.2) is 0 Å². The molecule has 104 valence electrons. The predicted molar refractivity (Wildman–Crippen MR) is 86.9 cm³/mol. The number of nitrogens with two attached hydrogens (primary N) is 1. The van der Waals surface area contributed by atoms with Crippen LogP contribution in [0.25, 0.3) is 10.8 Å². The van der Waals surface area contributed by atoms with Crippen molar-refractivity contribution < 1.29 is 4.79 Å². The van der Waals surface area contributed by atoms with E-state index < -0.39 is 0 Å². The third-order valence-electron chi connectivity index (χ3n) is 3.50. The SMILES string of the molecule is CC(CC(N)=S)N(C)C(=O)c1cccc2ccccc12. The second-order valence-corrected chi connectivity index (χ2v) is 5.49. The van der Waals surface area contributed by atoms with Gasteiger partial charge in [-0.25, -0.2) is 0 Å². The average Bonchev–Trinajstić information content (AvgIpc) is 2.44. The molecule has 0 aromatic heterocycles. The van der Waals surface area contributed by atoms with Gasteiger partial charge in [-0.05, 0) is 23.8 Å². The van der Waals surface area contributed by atoms with E-state index in [1.54, 1.807) is 11.9 Å². The van der Waals surface area contributed by atoms with Gasteiger partial charge in [-0.1, -0.05) is 48.6 Å². The summed E-state index contributed by atoms with van der Waals surface area (Å²) in [4.78, 5) is 14.7. The Balaban J connectivity index is 2.34. The molecule has 0 saturated carbocycles. The van der Waals surface area contributed by atoms with Gasteiger partial charge in [-0.15, -0.1) is 0 Å². The van der Waals surface area contributed by atoms with Gasteiger partial charge in [0.05, 0.1) is 4.99 Å². The molecule has 1 amide bonds. The Hall–Kier alpha value is -1.94. The second kappa shape index (κ2) is 6.01. The molecule has 4 heteroatoms. The van der Waals surface area contributed by atoms with Crippen molar-refractivity contribution in [2.45, 2.75) is 19.4 Å². The number of rotatable bonds is 4. The summed E-state index contributed by atoms with van der Waals surface area (Å²) in [5.41, 5.74) is 6.26. The Morgan fingerprint density at radius 1 is 1.25 bits per heavy atom. The summed E-state index contributed by atoms with van der Waals surface area (Å²) in [6.07, 6.45) is 0.530. The number of nitrogens with zero attached hydrogens (tertiary/aromatic N) is 1. The van der Waals surface area contributed by atoms with Crippen molar-refractivity contribution in [2.24, 2.45) is 5.73 Å². The van der Waals surface area contributed by atoms with E-state index in [4.69, 9.17) is 18.0 Å². The normalized spacial score (nSPS) is 12.1. The average molecular weight is 286 g/mol. The number of benzene rings is 2. The smallest absolute Gasteiger partial charge is 0.254 e. The highest BCUT2D eigenvalue weighted by Crippen LogP contribution is 2.20. The molecule has 2 aromatic rings. The van der Waals surface area contributed by atoms with Gasteiger partial charge in [0.1, 0.15) is 0 Å². The van der Waals surface area contributed by atoms with Gasteiger partial charge in [0.2, 0.25) is 0 Å². The van der Waals surface area contributed by atoms with Gasteiger partial charge in [0.25, 0.3) is 5.91 Å². The summed E-state index contributed by atoms with van der Waals surface area (Å²) in [7, 11) is 1.78. The van der Waals surface area contributed by atoms with Crippen LogP contribution >= 0.6 is 12.2 Å². The molecular formula is C16H18N2OS. The molecular weight excluding hydrogens is 268 g/mol. The fourth-order valence-corrected chi connectivity index (χ4v) is 2.47. The minimum atomic E-state index is -0.0148. The monoisotopic (exact) mass is 286 g/mol. The van der Waals surface area contributed by atoms with Crippen molar-refractivity contribution in [3.63, 3.8) is 0 Å². The first-order valence-corrected chi connectivity index (χ1v) is 6.94. The van der Waals surface area contributed by atoms with Crippen molar-refractivity contribution in [3.05, 3.63) is 48.0 Å². The lowest BCUT2D eigenvalue weighted by molar-refractivity contribution is 0.0750. The first-order valence-electron chi connectivity index (χ1n) is 6.54. The largest absolute Gasteiger partial charge is 0.393 e. The summed E-state index contributed by atoms with van der Waals surface area (Å²) in [6.45, 7) is 1.95. The minimum absolute atomic E-state index is 0.00875. The number of carbonyl (C=O) groups is 1. The van der Waals surface area contributed by atoms with Crippen LogP contribution < -0.4 is 5.73 Å². The lowest BCUT2D eigenvalue weighted by atomic mass is 10.0. The minimum Gasteiger partial charge on any atom is -0.393 e. The summed E-state index contributed by atoms with van der Waals surface area (Å²) in [6, 6.07) is 13.6. The van der Waals surface area contributed by atoms with Crippen LogP contribution in [0, 0.1) is 0 Å². The van der Waals surface area contributed by atoms with E-state index in [0.717, 1.165) is 10.8 Å². The van der Waals surface area contributed by atoms with Crippen LogP contribution in [0.5, 0.6) is 0 Å². The van der Waals surface area contributed by atoms with Crippen LogP contribution in [0.15, 0.2) is 42.5 Å². The molecule has 0 saturated heterocycles. The quantitative estimate of drug-likeness (QED) is 0.879. The van der Waals surface area contributed by atoms with Crippen LogP contribution in [0.4, 0.5) is 0 Å². The maximum atomic E-state index is 12.6. The molecule has 20 heavy (non-hydrogen) atoms. The third kappa shape index (κ3) is 2.96. The predicted octanol–water partition coefficient (Wildman–Crippen LogP) is 2.98. The van der Waals surface area contributed by atoms with Crippen LogP contribution in [-0.2, 0) is 0 Å². The number of amides is 1. The first-order chi connectivity index (χ1) is 9.50. The first kappa shape index (κ1) is 14.5. The molecule has 3 nitrogen and oxygen atoms in total. The third-order valence-corrected chi connectivity index (χ3v) is 3.66. The fourth-order valence-electron chi connectivity index (χ4n) is 2.23. The van der Waals surface area contributed by atoms with Gasteiger partial charge in [0, 0.05) is 25.1 Å². The standard InChI is InChI=1S/C16H18N2OS/c1-11(10-15(17)20)18(2)16(19)14-9-5-7-12-6-3-4-8-13(12)14/h3-9,11H,10H2,1-2H3,(H2,17,20). The lowest BCUT2D eigenvalue weighted by Gasteiger charge is -2.25. The van der Waals surface area contributed by atoms with E-state index >= 15 is 0 Å². The van der Waals surface area contributed by atoms with Crippen LogP contribution in [0.1, 0.15) is 23.7 Å². The van der Waals surface area contributed by atoms with Gasteiger partial charge in [-0.2, -0.15) is 0 Å². The molecule has 0 aliphatic rings. The lowest BCUT2D eigenvalue weighted by Crippen LogP contribution is -2.37. The van der Waals surface area contributed by atoms with E-state index in [9.17, 15) is 4.79 Å². The maximum Gasteiger partial charge on any atom is 0.254 e. The molecule has 1 unspecified atom stereocenters. The molecule has 0 spiro atoms. The summed E-state index contributed by atoms with van der Waals surface area (Å²) >= 11 is 4.91. The molecule has 0 heterocycles. The van der Waals surface area contributed by atoms with E-state index in [1.165, 1.54) is 0 Å². The number of hydrogen-bond acceptors (Lipinski definition) is 2. The molecule has 2 N–H and O–H groups in total. The highest BCUT2D eigenvalue weighted by Gasteiger charge is 2.19. The Bertz CT molecular complexity index is 648. The molecule has 0 bridgehead atoms. The molecule has 2 aromatic carbocycles. The van der Waals surface area contributed by atoms with E-state index in [-0.39, 0.29) is 11.9 Å².